The van der Waals surface area contributed by atoms with Crippen molar-refractivity contribution in [1.29, 1.82) is 0 Å². The Bertz CT molecular complexity index is 830. The van der Waals surface area contributed by atoms with E-state index in [9.17, 15) is 4.79 Å². The molecule has 4 fully saturated rings. The summed E-state index contributed by atoms with van der Waals surface area (Å²) in [6, 6.07) is 0. The zero-order chi connectivity index (χ0) is 23.6. The first-order chi connectivity index (χ1) is 15.6. The summed E-state index contributed by atoms with van der Waals surface area (Å²) in [5.41, 5.74) is 2.46. The molecule has 1 heterocycles. The van der Waals surface area contributed by atoms with E-state index >= 15 is 0 Å². The summed E-state index contributed by atoms with van der Waals surface area (Å²) in [6.07, 6.45) is 15.4. The van der Waals surface area contributed by atoms with Gasteiger partial charge in [-0.1, -0.05) is 58.8 Å². The minimum atomic E-state index is -0.369. The molecule has 0 spiro atoms. The number of hydrogen-bond donors (Lipinski definition) is 0. The molecule has 0 bridgehead atoms. The summed E-state index contributed by atoms with van der Waals surface area (Å²) in [7, 11) is 0. The average molecular weight is 455 g/mol. The van der Waals surface area contributed by atoms with E-state index in [0.29, 0.717) is 41.6 Å². The van der Waals surface area contributed by atoms with Crippen molar-refractivity contribution in [3.8, 4) is 0 Å². The van der Waals surface area contributed by atoms with Gasteiger partial charge in [-0.25, -0.2) is 0 Å². The van der Waals surface area contributed by atoms with Gasteiger partial charge in [-0.15, -0.1) is 6.58 Å². The molecular formula is C30H46O3. The smallest absolute Gasteiger partial charge is 0.311 e. The monoisotopic (exact) mass is 454 g/mol. The number of carbonyl (C=O) groups is 1. The number of ether oxygens (including phenoxy) is 2. The fourth-order valence-corrected chi connectivity index (χ4v) is 9.10. The number of fused-ring (bicyclic) bond motifs is 4. The minimum Gasteiger partial charge on any atom is -0.435 e. The zero-order valence-electron chi connectivity index (χ0n) is 21.7. The normalized spacial score (nSPS) is 51.6. The average Bonchev–Trinajstić information content (AvgIpc) is 3.17. The van der Waals surface area contributed by atoms with Gasteiger partial charge in [0, 0.05) is 5.92 Å². The fraction of sp³-hybridized carbons (Fsp3) is 0.833. The highest BCUT2D eigenvalue weighted by atomic mass is 16.7. The molecule has 3 heteroatoms. The molecule has 0 radical (unpaired) electrons. The zero-order valence-corrected chi connectivity index (χ0v) is 21.7. The number of cyclic esters (lactones) is 1. The summed E-state index contributed by atoms with van der Waals surface area (Å²) < 4.78 is 12.5. The predicted molar refractivity (Wildman–Crippen MR) is 132 cm³/mol. The molecule has 0 aromatic rings. The number of allylic oxidation sites excluding steroid dienone is 3. The van der Waals surface area contributed by atoms with Gasteiger partial charge < -0.3 is 9.47 Å². The van der Waals surface area contributed by atoms with E-state index in [1.807, 2.05) is 0 Å². The van der Waals surface area contributed by atoms with Crippen LogP contribution in [0.3, 0.4) is 0 Å². The van der Waals surface area contributed by atoms with Crippen molar-refractivity contribution >= 4 is 5.97 Å². The molecule has 0 N–H and O–H groups in total. The van der Waals surface area contributed by atoms with E-state index in [2.05, 4.69) is 53.3 Å². The highest BCUT2D eigenvalue weighted by molar-refractivity contribution is 5.74. The lowest BCUT2D eigenvalue weighted by molar-refractivity contribution is -0.233. The Morgan fingerprint density at radius 3 is 2.70 bits per heavy atom. The van der Waals surface area contributed by atoms with Gasteiger partial charge in [0.15, 0.2) is 0 Å². The second kappa shape index (κ2) is 8.25. The van der Waals surface area contributed by atoms with Crippen LogP contribution < -0.4 is 0 Å². The molecular weight excluding hydrogens is 408 g/mol. The first kappa shape index (κ1) is 23.6. The molecule has 184 valence electrons. The number of rotatable bonds is 4. The Labute approximate surface area is 201 Å². The van der Waals surface area contributed by atoms with Crippen molar-refractivity contribution in [2.45, 2.75) is 98.7 Å². The first-order valence-electron chi connectivity index (χ1n) is 13.7. The van der Waals surface area contributed by atoms with Crippen LogP contribution in [0.25, 0.3) is 0 Å². The highest BCUT2D eigenvalue weighted by Crippen LogP contribution is 2.64. The van der Waals surface area contributed by atoms with E-state index < -0.39 is 0 Å². The van der Waals surface area contributed by atoms with Gasteiger partial charge in [-0.2, -0.15) is 0 Å². The third-order valence-corrected chi connectivity index (χ3v) is 11.3. The Kier molecular flexibility index (Phi) is 5.91. The van der Waals surface area contributed by atoms with Gasteiger partial charge in [0.1, 0.15) is 0 Å². The maximum atomic E-state index is 12.8. The maximum absolute atomic E-state index is 12.8. The van der Waals surface area contributed by atoms with E-state index in [0.717, 1.165) is 19.3 Å². The van der Waals surface area contributed by atoms with Gasteiger partial charge in [0.2, 0.25) is 6.29 Å². The molecule has 0 aromatic heterocycles. The molecule has 5 rings (SSSR count). The third kappa shape index (κ3) is 3.76. The topological polar surface area (TPSA) is 35.5 Å². The van der Waals surface area contributed by atoms with Crippen molar-refractivity contribution < 1.29 is 14.3 Å². The largest absolute Gasteiger partial charge is 0.435 e. The Morgan fingerprint density at radius 1 is 1.15 bits per heavy atom. The standard InChI is InChI=1S/C30H46O3/c1-7-28(4)16-13-23-21(17-28)10-12-24-29(5,14-8-15-30(23,24)6)18-32-27-20(3)22-11-9-19(2)25(22)26(31)33-27/h7,10,19-20,22-25,27H,1,8-9,11-18H2,2-6H3. The lowest BCUT2D eigenvalue weighted by Gasteiger charge is -2.60. The van der Waals surface area contributed by atoms with Gasteiger partial charge in [-0.3, -0.25) is 4.79 Å². The van der Waals surface area contributed by atoms with Gasteiger partial charge in [0.05, 0.1) is 12.5 Å². The third-order valence-electron chi connectivity index (χ3n) is 11.3. The summed E-state index contributed by atoms with van der Waals surface area (Å²) in [5, 5.41) is 0. The van der Waals surface area contributed by atoms with Gasteiger partial charge in [0.25, 0.3) is 0 Å². The van der Waals surface area contributed by atoms with Crippen LogP contribution in [0.2, 0.25) is 0 Å². The van der Waals surface area contributed by atoms with Crippen molar-refractivity contribution in [1.82, 2.24) is 0 Å². The molecule has 4 aliphatic carbocycles. The summed E-state index contributed by atoms with van der Waals surface area (Å²) in [5.74, 6) is 2.59. The van der Waals surface area contributed by atoms with E-state index in [1.54, 1.807) is 5.57 Å². The first-order valence-corrected chi connectivity index (χ1v) is 13.7. The van der Waals surface area contributed by atoms with Gasteiger partial charge >= 0.3 is 5.97 Å². The van der Waals surface area contributed by atoms with E-state index in [1.165, 1.54) is 38.5 Å². The van der Waals surface area contributed by atoms with Crippen LogP contribution in [0.5, 0.6) is 0 Å². The molecule has 33 heavy (non-hydrogen) atoms. The van der Waals surface area contributed by atoms with Crippen LogP contribution in [-0.4, -0.2) is 18.9 Å². The lowest BCUT2D eigenvalue weighted by Crippen LogP contribution is -2.53. The highest BCUT2D eigenvalue weighted by Gasteiger charge is 2.56. The Hall–Kier alpha value is -1.09. The van der Waals surface area contributed by atoms with E-state index in [-0.39, 0.29) is 29.0 Å². The number of esters is 1. The number of hydrogen-bond acceptors (Lipinski definition) is 3. The Balaban J connectivity index is 1.31. The molecule has 10 atom stereocenters. The van der Waals surface area contributed by atoms with Crippen LogP contribution in [-0.2, 0) is 14.3 Å². The number of carbonyl (C=O) groups excluding carboxylic acids is 1. The van der Waals surface area contributed by atoms with Crippen LogP contribution >= 0.6 is 0 Å². The molecule has 1 aliphatic heterocycles. The maximum Gasteiger partial charge on any atom is 0.311 e. The van der Waals surface area contributed by atoms with Crippen molar-refractivity contribution in [3.05, 3.63) is 24.3 Å². The fourth-order valence-electron chi connectivity index (χ4n) is 9.10. The van der Waals surface area contributed by atoms with Crippen molar-refractivity contribution in [3.63, 3.8) is 0 Å². The molecule has 3 nitrogen and oxygen atoms in total. The summed E-state index contributed by atoms with van der Waals surface area (Å²) in [6.45, 7) is 16.7. The Morgan fingerprint density at radius 2 is 1.94 bits per heavy atom. The second-order valence-electron chi connectivity index (χ2n) is 13.4. The van der Waals surface area contributed by atoms with Crippen LogP contribution in [0.1, 0.15) is 92.4 Å². The molecule has 5 aliphatic rings. The second-order valence-corrected chi connectivity index (χ2v) is 13.4. The minimum absolute atomic E-state index is 0.00977. The van der Waals surface area contributed by atoms with Crippen LogP contribution in [0.15, 0.2) is 24.3 Å². The summed E-state index contributed by atoms with van der Waals surface area (Å²) >= 11 is 0. The van der Waals surface area contributed by atoms with Crippen molar-refractivity contribution in [2.75, 3.05) is 6.61 Å². The van der Waals surface area contributed by atoms with Gasteiger partial charge in [-0.05, 0) is 91.3 Å². The summed E-state index contributed by atoms with van der Waals surface area (Å²) in [4.78, 5) is 12.8. The molecule has 0 aromatic carbocycles. The molecule has 1 saturated heterocycles. The molecule has 10 unspecified atom stereocenters. The predicted octanol–water partition coefficient (Wildman–Crippen LogP) is 7.32. The molecule has 0 amide bonds. The van der Waals surface area contributed by atoms with Crippen molar-refractivity contribution in [2.24, 2.45) is 51.8 Å². The lowest BCUT2D eigenvalue weighted by atomic mass is 9.45. The van der Waals surface area contributed by atoms with Crippen LogP contribution in [0, 0.1) is 51.8 Å². The van der Waals surface area contributed by atoms with E-state index in [4.69, 9.17) is 9.47 Å². The quantitative estimate of drug-likeness (QED) is 0.330. The SMILES string of the molecule is C=CC1(C)CCC2C(=CCC3C(C)(COC4OC(=O)C5C(C)CCC5C4C)CCCC23C)C1. The van der Waals surface area contributed by atoms with Crippen LogP contribution in [0.4, 0.5) is 0 Å². The molecule has 3 saturated carbocycles.